The summed E-state index contributed by atoms with van der Waals surface area (Å²) in [5, 5.41) is 3.58. The molecule has 112 valence electrons. The number of rotatable bonds is 7. The highest BCUT2D eigenvalue weighted by Gasteiger charge is 2.15. The van der Waals surface area contributed by atoms with Crippen molar-refractivity contribution in [3.8, 4) is 5.75 Å². The molecule has 0 aliphatic carbocycles. The lowest BCUT2D eigenvalue weighted by atomic mass is 10.3. The van der Waals surface area contributed by atoms with Gasteiger partial charge in [0.15, 0.2) is 0 Å². The van der Waals surface area contributed by atoms with Gasteiger partial charge in [-0.25, -0.2) is 4.98 Å². The molecule has 0 atom stereocenters. The Bertz CT molecular complexity index is 584. The molecule has 6 heteroatoms. The fraction of sp³-hybridized carbons (Fsp3) is 0.333. The predicted octanol–water partition coefficient (Wildman–Crippen LogP) is 2.41. The zero-order valence-corrected chi connectivity index (χ0v) is 12.9. The van der Waals surface area contributed by atoms with E-state index in [0.29, 0.717) is 24.6 Å². The maximum atomic E-state index is 12.0. The average molecular weight is 306 g/mol. The van der Waals surface area contributed by atoms with Gasteiger partial charge in [0, 0.05) is 13.7 Å². The SMILES string of the molecule is COCCNC(=O)c1sc(COc2ccccc2)nc1C. The first kappa shape index (κ1) is 15.5. The molecule has 5 nitrogen and oxygen atoms in total. The van der Waals surface area contributed by atoms with Crippen LogP contribution in [0.25, 0.3) is 0 Å². The molecule has 0 spiro atoms. The smallest absolute Gasteiger partial charge is 0.263 e. The number of para-hydroxylation sites is 1. The normalized spacial score (nSPS) is 10.4. The van der Waals surface area contributed by atoms with Crippen LogP contribution in [-0.4, -0.2) is 31.2 Å². The monoisotopic (exact) mass is 306 g/mol. The molecular weight excluding hydrogens is 288 g/mol. The van der Waals surface area contributed by atoms with Crippen molar-refractivity contribution in [2.24, 2.45) is 0 Å². The number of thiazole rings is 1. The summed E-state index contributed by atoms with van der Waals surface area (Å²) in [5.74, 6) is 0.671. The molecule has 0 radical (unpaired) electrons. The molecule has 0 saturated heterocycles. The van der Waals surface area contributed by atoms with Gasteiger partial charge in [0.25, 0.3) is 5.91 Å². The predicted molar refractivity (Wildman–Crippen MR) is 81.8 cm³/mol. The number of hydrogen-bond acceptors (Lipinski definition) is 5. The summed E-state index contributed by atoms with van der Waals surface area (Å²) in [6.45, 7) is 3.17. The van der Waals surface area contributed by atoms with Gasteiger partial charge in [-0.2, -0.15) is 0 Å². The number of nitrogens with one attached hydrogen (secondary N) is 1. The van der Waals surface area contributed by atoms with Crippen LogP contribution in [0.4, 0.5) is 0 Å². The second-order valence-electron chi connectivity index (χ2n) is 4.37. The van der Waals surface area contributed by atoms with Crippen molar-refractivity contribution in [1.29, 1.82) is 0 Å². The van der Waals surface area contributed by atoms with Crippen molar-refractivity contribution in [2.75, 3.05) is 20.3 Å². The van der Waals surface area contributed by atoms with E-state index in [1.807, 2.05) is 37.3 Å². The molecule has 1 heterocycles. The largest absolute Gasteiger partial charge is 0.486 e. The summed E-state index contributed by atoms with van der Waals surface area (Å²) >= 11 is 1.36. The Hall–Kier alpha value is -1.92. The lowest BCUT2D eigenvalue weighted by molar-refractivity contribution is 0.0940. The molecule has 0 aliphatic rings. The molecule has 0 bridgehead atoms. The third kappa shape index (κ3) is 4.54. The minimum Gasteiger partial charge on any atom is -0.486 e. The van der Waals surface area contributed by atoms with Crippen molar-refractivity contribution in [3.05, 3.63) is 45.9 Å². The minimum atomic E-state index is -0.118. The number of aryl methyl sites for hydroxylation is 1. The number of carbonyl (C=O) groups excluding carboxylic acids is 1. The van der Waals surface area contributed by atoms with E-state index >= 15 is 0 Å². The van der Waals surface area contributed by atoms with Gasteiger partial charge in [-0.3, -0.25) is 4.79 Å². The van der Waals surface area contributed by atoms with Crippen LogP contribution >= 0.6 is 11.3 Å². The highest BCUT2D eigenvalue weighted by atomic mass is 32.1. The lowest BCUT2D eigenvalue weighted by Crippen LogP contribution is -2.26. The number of benzene rings is 1. The van der Waals surface area contributed by atoms with E-state index in [1.54, 1.807) is 7.11 Å². The Kier molecular flexibility index (Phi) is 5.71. The second-order valence-corrected chi connectivity index (χ2v) is 5.46. The molecule has 0 aliphatic heterocycles. The summed E-state index contributed by atoms with van der Waals surface area (Å²) in [6, 6.07) is 9.54. The van der Waals surface area contributed by atoms with E-state index in [2.05, 4.69) is 10.3 Å². The highest BCUT2D eigenvalue weighted by Crippen LogP contribution is 2.20. The van der Waals surface area contributed by atoms with Crippen LogP contribution in [0, 0.1) is 6.92 Å². The fourth-order valence-corrected chi connectivity index (χ4v) is 2.63. The first-order valence-electron chi connectivity index (χ1n) is 6.62. The maximum absolute atomic E-state index is 12.0. The first-order chi connectivity index (χ1) is 10.2. The summed E-state index contributed by atoms with van der Waals surface area (Å²) in [5.41, 5.74) is 0.724. The van der Waals surface area contributed by atoms with Crippen molar-refractivity contribution < 1.29 is 14.3 Å². The zero-order chi connectivity index (χ0) is 15.1. The third-order valence-corrected chi connectivity index (χ3v) is 3.87. The van der Waals surface area contributed by atoms with Gasteiger partial charge in [-0.15, -0.1) is 11.3 Å². The van der Waals surface area contributed by atoms with Crippen LogP contribution in [0.15, 0.2) is 30.3 Å². The zero-order valence-electron chi connectivity index (χ0n) is 12.1. The molecular formula is C15H18N2O3S. The number of hydrogen-bond donors (Lipinski definition) is 1. The van der Waals surface area contributed by atoms with Crippen LogP contribution < -0.4 is 10.1 Å². The number of ether oxygens (including phenoxy) is 2. The van der Waals surface area contributed by atoms with Gasteiger partial charge in [0.1, 0.15) is 22.2 Å². The van der Waals surface area contributed by atoms with Gasteiger partial charge >= 0.3 is 0 Å². The summed E-state index contributed by atoms with van der Waals surface area (Å²) in [6.07, 6.45) is 0. The van der Waals surface area contributed by atoms with Crippen molar-refractivity contribution >= 4 is 17.2 Å². The Balaban J connectivity index is 1.94. The molecule has 1 N–H and O–H groups in total. The molecule has 1 aromatic carbocycles. The number of nitrogens with zero attached hydrogens (tertiary/aromatic N) is 1. The summed E-state index contributed by atoms with van der Waals surface area (Å²) in [7, 11) is 1.60. The van der Waals surface area contributed by atoms with Gasteiger partial charge in [0.05, 0.1) is 12.3 Å². The second kappa shape index (κ2) is 7.75. The fourth-order valence-electron chi connectivity index (χ4n) is 1.73. The Morgan fingerprint density at radius 1 is 1.33 bits per heavy atom. The molecule has 1 amide bonds. The van der Waals surface area contributed by atoms with Crippen LogP contribution in [0.2, 0.25) is 0 Å². The quantitative estimate of drug-likeness (QED) is 0.798. The van der Waals surface area contributed by atoms with Gasteiger partial charge in [-0.05, 0) is 19.1 Å². The lowest BCUT2D eigenvalue weighted by Gasteiger charge is -2.03. The van der Waals surface area contributed by atoms with E-state index < -0.39 is 0 Å². The summed E-state index contributed by atoms with van der Waals surface area (Å²) < 4.78 is 10.5. The van der Waals surface area contributed by atoms with Gasteiger partial charge in [0.2, 0.25) is 0 Å². The molecule has 0 fully saturated rings. The Morgan fingerprint density at radius 3 is 2.81 bits per heavy atom. The van der Waals surface area contributed by atoms with E-state index in [0.717, 1.165) is 16.5 Å². The van der Waals surface area contributed by atoms with E-state index in [1.165, 1.54) is 11.3 Å². The van der Waals surface area contributed by atoms with Crippen molar-refractivity contribution in [3.63, 3.8) is 0 Å². The first-order valence-corrected chi connectivity index (χ1v) is 7.43. The van der Waals surface area contributed by atoms with E-state index in [4.69, 9.17) is 9.47 Å². The molecule has 21 heavy (non-hydrogen) atoms. The Morgan fingerprint density at radius 2 is 2.10 bits per heavy atom. The number of carbonyl (C=O) groups is 1. The van der Waals surface area contributed by atoms with Crippen LogP contribution in [0.1, 0.15) is 20.4 Å². The van der Waals surface area contributed by atoms with Crippen LogP contribution in [-0.2, 0) is 11.3 Å². The van der Waals surface area contributed by atoms with Crippen LogP contribution in [0.5, 0.6) is 5.75 Å². The van der Waals surface area contributed by atoms with Crippen LogP contribution in [0.3, 0.4) is 0 Å². The van der Waals surface area contributed by atoms with Crippen molar-refractivity contribution in [2.45, 2.75) is 13.5 Å². The summed E-state index contributed by atoms with van der Waals surface area (Å²) in [4.78, 5) is 17.0. The number of methoxy groups -OCH3 is 1. The number of aromatic nitrogens is 1. The highest BCUT2D eigenvalue weighted by molar-refractivity contribution is 7.13. The van der Waals surface area contributed by atoms with Gasteiger partial charge in [-0.1, -0.05) is 18.2 Å². The van der Waals surface area contributed by atoms with E-state index in [9.17, 15) is 4.79 Å². The molecule has 1 aromatic heterocycles. The van der Waals surface area contributed by atoms with Gasteiger partial charge < -0.3 is 14.8 Å². The maximum Gasteiger partial charge on any atom is 0.263 e. The topological polar surface area (TPSA) is 60.5 Å². The number of amides is 1. The average Bonchev–Trinajstić information content (AvgIpc) is 2.87. The van der Waals surface area contributed by atoms with Crippen molar-refractivity contribution in [1.82, 2.24) is 10.3 Å². The third-order valence-electron chi connectivity index (χ3n) is 2.74. The molecule has 2 aromatic rings. The standard InChI is InChI=1S/C15H18N2O3S/c1-11-14(15(18)16-8-9-19-2)21-13(17-11)10-20-12-6-4-3-5-7-12/h3-7H,8-10H2,1-2H3,(H,16,18). The molecule has 0 unspecified atom stereocenters. The molecule has 2 rings (SSSR count). The minimum absolute atomic E-state index is 0.118. The Labute approximate surface area is 127 Å². The molecule has 0 saturated carbocycles. The van der Waals surface area contributed by atoms with E-state index in [-0.39, 0.29) is 5.91 Å².